The molecule has 2 aliphatic rings. The van der Waals surface area contributed by atoms with Crippen molar-refractivity contribution in [3.05, 3.63) is 94.3 Å². The molecule has 0 amide bonds. The lowest BCUT2D eigenvalue weighted by Crippen LogP contribution is -2.37. The van der Waals surface area contributed by atoms with Crippen LogP contribution in [-0.2, 0) is 38.3 Å². The van der Waals surface area contributed by atoms with Crippen molar-refractivity contribution in [3.8, 4) is 22.8 Å². The van der Waals surface area contributed by atoms with Crippen LogP contribution in [0.1, 0.15) is 83.4 Å². The predicted molar refractivity (Wildman–Crippen MR) is 190 cm³/mol. The molecule has 1 atom stereocenters. The highest BCUT2D eigenvalue weighted by Gasteiger charge is 2.30. The molecular weight excluding hydrogens is 688 g/mol. The van der Waals surface area contributed by atoms with Gasteiger partial charge in [0.15, 0.2) is 5.82 Å². The monoisotopic (exact) mass is 728 g/mol. The number of halogens is 1. The normalized spacial score (nSPS) is 16.9. The van der Waals surface area contributed by atoms with Crippen LogP contribution in [0.2, 0.25) is 0 Å². The zero-order valence-electron chi connectivity index (χ0n) is 28.0. The highest BCUT2D eigenvalue weighted by molar-refractivity contribution is 8.13. The number of carboxylic acids is 1. The van der Waals surface area contributed by atoms with Crippen molar-refractivity contribution < 1.29 is 31.5 Å². The van der Waals surface area contributed by atoms with Crippen LogP contribution >= 0.6 is 10.7 Å². The van der Waals surface area contributed by atoms with Crippen LogP contribution in [0.3, 0.4) is 0 Å². The largest absolute Gasteiger partial charge is 0.486 e. The summed E-state index contributed by atoms with van der Waals surface area (Å²) in [7, 11) is -1.85. The Balaban J connectivity index is 0.000000874. The van der Waals surface area contributed by atoms with E-state index in [1.54, 1.807) is 8.99 Å². The summed E-state index contributed by atoms with van der Waals surface area (Å²) in [5.74, 6) is 0.745. The van der Waals surface area contributed by atoms with E-state index in [-0.39, 0.29) is 11.7 Å². The van der Waals surface area contributed by atoms with E-state index in [2.05, 4.69) is 59.1 Å². The number of carbonyl (C=O) groups is 1. The Labute approximate surface area is 292 Å². The minimum atomic E-state index is -3.19. The molecule has 0 saturated carbocycles. The molecule has 6 rings (SSSR count). The number of hydrogen-bond acceptors (Lipinski definition) is 8. The Morgan fingerprint density at radius 1 is 0.980 bits per heavy atom. The number of carboxylic acid groups (broad SMARTS) is 1. The standard InChI is InChI=1S/C34H38N4O5S.CH3ClO2S/c1-4-22-20-25(13-14-26(22)23-16-18-37(19-17-23)44(3,41)42)43-31-15-12-24-8-6-9-27(33(24)31)29-10-7-11-32(36-29)38-30(5-2)28(21-35-38)34(39)40;1-5(2,3)4/h6-11,13-14,20-21,23,31H,4-5,12,15-19H2,1-3H3,(H,39,40);1H3. The van der Waals surface area contributed by atoms with Crippen molar-refractivity contribution in [1.29, 1.82) is 0 Å². The molecule has 14 heteroatoms. The topological polar surface area (TPSA) is 149 Å². The molecule has 3 heterocycles. The van der Waals surface area contributed by atoms with Gasteiger partial charge >= 0.3 is 5.97 Å². The summed E-state index contributed by atoms with van der Waals surface area (Å²) in [5.41, 5.74) is 7.49. The zero-order valence-corrected chi connectivity index (χ0v) is 30.4. The fourth-order valence-corrected chi connectivity index (χ4v) is 7.66. The SMILES string of the molecule is CCc1cc(OC2CCc3cccc(-c4cccc(-n5ncc(C(=O)O)c5CC)n4)c32)ccc1C1CCN(S(C)(=O)=O)CC1.CS(=O)(=O)Cl. The summed E-state index contributed by atoms with van der Waals surface area (Å²) in [6.45, 7) is 5.18. The van der Waals surface area contributed by atoms with Gasteiger partial charge in [0.05, 0.1) is 30.1 Å². The number of aromatic carboxylic acids is 1. The lowest BCUT2D eigenvalue weighted by molar-refractivity contribution is 0.0695. The first-order chi connectivity index (χ1) is 23.2. The van der Waals surface area contributed by atoms with Gasteiger partial charge in [-0.05, 0) is 85.4 Å². The third-order valence-corrected chi connectivity index (χ3v) is 10.3. The van der Waals surface area contributed by atoms with Crippen LogP contribution in [-0.4, -0.2) is 72.6 Å². The maximum absolute atomic E-state index is 12.0. The quantitative estimate of drug-likeness (QED) is 0.200. The van der Waals surface area contributed by atoms with Gasteiger partial charge in [-0.1, -0.05) is 44.2 Å². The number of aromatic nitrogens is 3. The minimum Gasteiger partial charge on any atom is -0.486 e. The van der Waals surface area contributed by atoms with Crippen LogP contribution < -0.4 is 4.74 Å². The molecule has 0 bridgehead atoms. The van der Waals surface area contributed by atoms with Gasteiger partial charge < -0.3 is 9.84 Å². The third kappa shape index (κ3) is 8.69. The van der Waals surface area contributed by atoms with E-state index in [9.17, 15) is 26.7 Å². The second-order valence-electron chi connectivity index (χ2n) is 12.3. The number of piperidine rings is 1. The van der Waals surface area contributed by atoms with E-state index in [0.29, 0.717) is 36.9 Å². The van der Waals surface area contributed by atoms with Crippen LogP contribution in [0, 0.1) is 0 Å². The fraction of sp³-hybridized carbons (Fsp3) is 0.400. The number of sulfonamides is 1. The Morgan fingerprint density at radius 3 is 2.31 bits per heavy atom. The maximum atomic E-state index is 12.0. The smallest absolute Gasteiger partial charge is 0.339 e. The molecule has 1 saturated heterocycles. The van der Waals surface area contributed by atoms with Gasteiger partial charge in [-0.3, -0.25) is 0 Å². The molecule has 49 heavy (non-hydrogen) atoms. The van der Waals surface area contributed by atoms with Crippen molar-refractivity contribution in [1.82, 2.24) is 19.1 Å². The Bertz CT molecular complexity index is 2050. The van der Waals surface area contributed by atoms with Crippen molar-refractivity contribution in [2.45, 2.75) is 64.4 Å². The number of aryl methyl sites for hydroxylation is 2. The average Bonchev–Trinajstić information content (AvgIpc) is 3.68. The van der Waals surface area contributed by atoms with E-state index in [1.807, 2.05) is 25.1 Å². The van der Waals surface area contributed by atoms with Gasteiger partial charge in [-0.25, -0.2) is 35.6 Å². The third-order valence-electron chi connectivity index (χ3n) is 8.99. The Morgan fingerprint density at radius 2 is 1.67 bits per heavy atom. The summed E-state index contributed by atoms with van der Waals surface area (Å²) in [6, 6.07) is 18.4. The summed E-state index contributed by atoms with van der Waals surface area (Å²) in [6.07, 6.45) is 8.27. The van der Waals surface area contributed by atoms with E-state index >= 15 is 0 Å². The number of nitrogens with zero attached hydrogens (tertiary/aromatic N) is 4. The summed E-state index contributed by atoms with van der Waals surface area (Å²) >= 11 is 0. The highest BCUT2D eigenvalue weighted by atomic mass is 35.7. The highest BCUT2D eigenvalue weighted by Crippen LogP contribution is 2.42. The molecule has 1 aliphatic carbocycles. The van der Waals surface area contributed by atoms with Gasteiger partial charge in [0, 0.05) is 34.9 Å². The van der Waals surface area contributed by atoms with Gasteiger partial charge in [0.2, 0.25) is 19.1 Å². The Hall–Kier alpha value is -3.78. The van der Waals surface area contributed by atoms with Crippen LogP contribution in [0.4, 0.5) is 0 Å². The lowest BCUT2D eigenvalue weighted by atomic mass is 9.86. The summed E-state index contributed by atoms with van der Waals surface area (Å²) < 4.78 is 52.6. The van der Waals surface area contributed by atoms with Gasteiger partial charge in [-0.15, -0.1) is 0 Å². The molecule has 1 fully saturated rings. The number of benzene rings is 2. The van der Waals surface area contributed by atoms with Crippen molar-refractivity contribution in [2.24, 2.45) is 0 Å². The van der Waals surface area contributed by atoms with Crippen LogP contribution in [0.5, 0.6) is 5.75 Å². The molecule has 11 nitrogen and oxygen atoms in total. The van der Waals surface area contributed by atoms with Crippen LogP contribution in [0.25, 0.3) is 17.1 Å². The second-order valence-corrected chi connectivity index (χ2v) is 17.3. The van der Waals surface area contributed by atoms with E-state index in [0.717, 1.165) is 60.9 Å². The molecule has 1 N–H and O–H groups in total. The summed E-state index contributed by atoms with van der Waals surface area (Å²) in [4.78, 5) is 16.6. The van der Waals surface area contributed by atoms with E-state index < -0.39 is 25.0 Å². The molecule has 0 spiro atoms. The first-order valence-electron chi connectivity index (χ1n) is 16.2. The number of ether oxygens (including phenoxy) is 1. The molecule has 4 aromatic rings. The molecule has 1 unspecified atom stereocenters. The second kappa shape index (κ2) is 15.0. The average molecular weight is 729 g/mol. The van der Waals surface area contributed by atoms with Crippen molar-refractivity contribution >= 4 is 35.7 Å². The molecular formula is C35H41ClN4O7S2. The molecule has 1 aliphatic heterocycles. The molecule has 2 aromatic carbocycles. The number of hydrogen-bond donors (Lipinski definition) is 1. The fourth-order valence-electron chi connectivity index (χ4n) is 6.79. The van der Waals surface area contributed by atoms with Crippen molar-refractivity contribution in [3.63, 3.8) is 0 Å². The first-order valence-corrected chi connectivity index (χ1v) is 20.8. The first kappa shape index (κ1) is 36.5. The van der Waals surface area contributed by atoms with Gasteiger partial charge in [0.25, 0.3) is 0 Å². The minimum absolute atomic E-state index is 0.130. The molecule has 262 valence electrons. The van der Waals surface area contributed by atoms with E-state index in [1.165, 1.54) is 29.1 Å². The van der Waals surface area contributed by atoms with Crippen LogP contribution in [0.15, 0.2) is 60.8 Å². The predicted octanol–water partition coefficient (Wildman–Crippen LogP) is 6.15. The lowest BCUT2D eigenvalue weighted by Gasteiger charge is -2.31. The van der Waals surface area contributed by atoms with Gasteiger partial charge in [-0.2, -0.15) is 5.10 Å². The van der Waals surface area contributed by atoms with Crippen molar-refractivity contribution in [2.75, 3.05) is 25.6 Å². The Kier molecular flexibility index (Phi) is 11.2. The van der Waals surface area contributed by atoms with Gasteiger partial charge in [0.1, 0.15) is 17.4 Å². The number of pyridine rings is 1. The zero-order chi connectivity index (χ0) is 35.5. The molecule has 2 aromatic heterocycles. The number of rotatable bonds is 9. The molecule has 0 radical (unpaired) electrons. The summed E-state index contributed by atoms with van der Waals surface area (Å²) in [5, 5.41) is 13.9. The van der Waals surface area contributed by atoms with E-state index in [4.69, 9.17) is 9.72 Å². The number of fused-ring (bicyclic) bond motifs is 1. The maximum Gasteiger partial charge on any atom is 0.339 e.